The van der Waals surface area contributed by atoms with Gasteiger partial charge in [-0.15, -0.1) is 6.58 Å². The Morgan fingerprint density at radius 2 is 2.28 bits per heavy atom. The second-order valence-electron chi connectivity index (χ2n) is 3.54. The molecule has 0 radical (unpaired) electrons. The zero-order chi connectivity index (χ0) is 13.4. The number of rotatable bonds is 8. The Kier molecular flexibility index (Phi) is 6.18. The Morgan fingerprint density at radius 1 is 1.50 bits per heavy atom. The van der Waals surface area contributed by atoms with Crippen LogP contribution in [0.3, 0.4) is 0 Å². The van der Waals surface area contributed by atoms with Gasteiger partial charge >= 0.3 is 0 Å². The maximum absolute atomic E-state index is 10.5. The van der Waals surface area contributed by atoms with Crippen molar-refractivity contribution in [1.82, 2.24) is 0 Å². The number of hydrogen-bond donors (Lipinski definition) is 1. The SMILES string of the molecule is C=CCCOCCNc1ccc([N+](=O)[O-])cc1Cl. The molecule has 6 heteroatoms. The zero-order valence-corrected chi connectivity index (χ0v) is 10.7. The van der Waals surface area contributed by atoms with Gasteiger partial charge in [-0.05, 0) is 12.5 Å². The van der Waals surface area contributed by atoms with Crippen molar-refractivity contribution in [2.45, 2.75) is 6.42 Å². The van der Waals surface area contributed by atoms with E-state index in [1.165, 1.54) is 12.1 Å². The number of ether oxygens (including phenoxy) is 1. The third kappa shape index (κ3) is 4.73. The third-order valence-corrected chi connectivity index (χ3v) is 2.50. The van der Waals surface area contributed by atoms with E-state index in [1.807, 2.05) is 0 Å². The van der Waals surface area contributed by atoms with E-state index in [0.29, 0.717) is 30.5 Å². The van der Waals surface area contributed by atoms with E-state index in [9.17, 15) is 10.1 Å². The zero-order valence-electron chi connectivity index (χ0n) is 9.89. The fraction of sp³-hybridized carbons (Fsp3) is 0.333. The van der Waals surface area contributed by atoms with Crippen LogP contribution in [0.25, 0.3) is 0 Å². The van der Waals surface area contributed by atoms with E-state index < -0.39 is 4.92 Å². The first kappa shape index (κ1) is 14.5. The summed E-state index contributed by atoms with van der Waals surface area (Å²) in [6, 6.07) is 4.32. The first-order valence-electron chi connectivity index (χ1n) is 5.51. The van der Waals surface area contributed by atoms with E-state index in [0.717, 1.165) is 6.42 Å². The van der Waals surface area contributed by atoms with Crippen LogP contribution < -0.4 is 5.32 Å². The van der Waals surface area contributed by atoms with Gasteiger partial charge in [0.1, 0.15) is 0 Å². The Morgan fingerprint density at radius 3 is 2.89 bits per heavy atom. The van der Waals surface area contributed by atoms with Gasteiger partial charge in [-0.1, -0.05) is 17.7 Å². The van der Waals surface area contributed by atoms with Crippen molar-refractivity contribution in [2.24, 2.45) is 0 Å². The minimum Gasteiger partial charge on any atom is -0.382 e. The highest BCUT2D eigenvalue weighted by Gasteiger charge is 2.08. The minimum atomic E-state index is -0.478. The molecule has 0 unspecified atom stereocenters. The summed E-state index contributed by atoms with van der Waals surface area (Å²) in [6.07, 6.45) is 2.61. The molecule has 0 amide bonds. The number of non-ortho nitro benzene ring substituents is 1. The average Bonchev–Trinajstić information content (AvgIpc) is 2.35. The number of hydrogen-bond acceptors (Lipinski definition) is 4. The molecule has 0 aromatic heterocycles. The molecule has 0 spiro atoms. The van der Waals surface area contributed by atoms with Crippen molar-refractivity contribution in [1.29, 1.82) is 0 Å². The predicted molar refractivity (Wildman–Crippen MR) is 72.2 cm³/mol. The number of nitro benzene ring substituents is 1. The van der Waals surface area contributed by atoms with Crippen LogP contribution in [-0.4, -0.2) is 24.7 Å². The summed E-state index contributed by atoms with van der Waals surface area (Å²) in [6.45, 7) is 5.36. The molecule has 18 heavy (non-hydrogen) atoms. The average molecular weight is 271 g/mol. The molecule has 0 saturated heterocycles. The number of benzene rings is 1. The molecule has 1 N–H and O–H groups in total. The number of nitrogens with one attached hydrogen (secondary N) is 1. The molecule has 0 fully saturated rings. The van der Waals surface area contributed by atoms with Crippen LogP contribution in [0.15, 0.2) is 30.9 Å². The van der Waals surface area contributed by atoms with Gasteiger partial charge < -0.3 is 10.1 Å². The van der Waals surface area contributed by atoms with Gasteiger partial charge in [0.25, 0.3) is 5.69 Å². The third-order valence-electron chi connectivity index (χ3n) is 2.19. The molecule has 0 saturated carbocycles. The van der Waals surface area contributed by atoms with Crippen LogP contribution in [0.4, 0.5) is 11.4 Å². The van der Waals surface area contributed by atoms with E-state index in [-0.39, 0.29) is 5.69 Å². The highest BCUT2D eigenvalue weighted by Crippen LogP contribution is 2.26. The van der Waals surface area contributed by atoms with Crippen molar-refractivity contribution in [3.8, 4) is 0 Å². The molecule has 0 atom stereocenters. The molecule has 1 aromatic carbocycles. The largest absolute Gasteiger partial charge is 0.382 e. The number of nitro groups is 1. The predicted octanol–water partition coefficient (Wildman–Crippen LogP) is 3.25. The standard InChI is InChI=1S/C12H15ClN2O3/c1-2-3-7-18-8-6-14-12-5-4-10(15(16)17)9-11(12)13/h2,4-5,9,14H,1,3,6-8H2. The Hall–Kier alpha value is -1.59. The summed E-state index contributed by atoms with van der Waals surface area (Å²) in [7, 11) is 0. The monoisotopic (exact) mass is 270 g/mol. The van der Waals surface area contributed by atoms with Crippen molar-refractivity contribution in [3.63, 3.8) is 0 Å². The van der Waals surface area contributed by atoms with Crippen LogP contribution in [-0.2, 0) is 4.74 Å². The van der Waals surface area contributed by atoms with Gasteiger partial charge in [0.15, 0.2) is 0 Å². The second-order valence-corrected chi connectivity index (χ2v) is 3.94. The van der Waals surface area contributed by atoms with E-state index in [4.69, 9.17) is 16.3 Å². The van der Waals surface area contributed by atoms with E-state index in [2.05, 4.69) is 11.9 Å². The molecule has 0 bridgehead atoms. The summed E-state index contributed by atoms with van der Waals surface area (Å²) >= 11 is 5.91. The lowest BCUT2D eigenvalue weighted by molar-refractivity contribution is -0.384. The summed E-state index contributed by atoms with van der Waals surface area (Å²) in [5.41, 5.74) is 0.641. The van der Waals surface area contributed by atoms with Gasteiger partial charge in [-0.3, -0.25) is 10.1 Å². The van der Waals surface area contributed by atoms with Crippen molar-refractivity contribution in [3.05, 3.63) is 46.0 Å². The maximum Gasteiger partial charge on any atom is 0.271 e. The fourth-order valence-corrected chi connectivity index (χ4v) is 1.53. The molecule has 0 aliphatic rings. The molecule has 5 nitrogen and oxygen atoms in total. The van der Waals surface area contributed by atoms with E-state index in [1.54, 1.807) is 12.1 Å². The molecule has 0 heterocycles. The van der Waals surface area contributed by atoms with Crippen LogP contribution in [0.1, 0.15) is 6.42 Å². The number of nitrogens with zero attached hydrogens (tertiary/aromatic N) is 1. The fourth-order valence-electron chi connectivity index (χ4n) is 1.29. The highest BCUT2D eigenvalue weighted by molar-refractivity contribution is 6.33. The summed E-state index contributed by atoms with van der Waals surface area (Å²) in [4.78, 5) is 10.0. The van der Waals surface area contributed by atoms with Gasteiger partial charge in [-0.2, -0.15) is 0 Å². The molecule has 98 valence electrons. The van der Waals surface area contributed by atoms with Gasteiger partial charge in [0.05, 0.1) is 28.8 Å². The van der Waals surface area contributed by atoms with Crippen molar-refractivity contribution < 1.29 is 9.66 Å². The van der Waals surface area contributed by atoms with Gasteiger partial charge in [0.2, 0.25) is 0 Å². The normalized spacial score (nSPS) is 10.1. The van der Waals surface area contributed by atoms with Crippen molar-refractivity contribution >= 4 is 23.0 Å². The van der Waals surface area contributed by atoms with Crippen LogP contribution >= 0.6 is 11.6 Å². The first-order valence-corrected chi connectivity index (χ1v) is 5.89. The Labute approximate surface area is 111 Å². The van der Waals surface area contributed by atoms with Crippen LogP contribution in [0.2, 0.25) is 5.02 Å². The van der Waals surface area contributed by atoms with E-state index >= 15 is 0 Å². The molecule has 1 aromatic rings. The Bertz CT molecular complexity index is 424. The van der Waals surface area contributed by atoms with Gasteiger partial charge in [0, 0.05) is 18.7 Å². The van der Waals surface area contributed by atoms with Crippen LogP contribution in [0.5, 0.6) is 0 Å². The van der Waals surface area contributed by atoms with Crippen molar-refractivity contribution in [2.75, 3.05) is 25.1 Å². The first-order chi connectivity index (χ1) is 8.65. The lowest BCUT2D eigenvalue weighted by Gasteiger charge is -2.08. The quantitative estimate of drug-likeness (QED) is 0.341. The molecule has 1 rings (SSSR count). The maximum atomic E-state index is 10.5. The topological polar surface area (TPSA) is 64.4 Å². The minimum absolute atomic E-state index is 0.0206. The van der Waals surface area contributed by atoms with Gasteiger partial charge in [-0.25, -0.2) is 0 Å². The molecular weight excluding hydrogens is 256 g/mol. The second kappa shape index (κ2) is 7.68. The summed E-state index contributed by atoms with van der Waals surface area (Å²) in [5, 5.41) is 13.9. The highest BCUT2D eigenvalue weighted by atomic mass is 35.5. The summed E-state index contributed by atoms with van der Waals surface area (Å²) in [5.74, 6) is 0. The molecular formula is C12H15ClN2O3. The number of halogens is 1. The van der Waals surface area contributed by atoms with Crippen LogP contribution in [0, 0.1) is 10.1 Å². The molecule has 0 aliphatic heterocycles. The number of anilines is 1. The summed E-state index contributed by atoms with van der Waals surface area (Å²) < 4.78 is 5.31. The molecule has 0 aliphatic carbocycles. The lowest BCUT2D eigenvalue weighted by Crippen LogP contribution is -2.10. The lowest BCUT2D eigenvalue weighted by atomic mass is 10.3. The smallest absolute Gasteiger partial charge is 0.271 e. The Balaban J connectivity index is 2.38.